The predicted molar refractivity (Wildman–Crippen MR) is 61.0 cm³/mol. The number of ether oxygens (including phenoxy) is 2. The van der Waals surface area contributed by atoms with E-state index in [-0.39, 0.29) is 18.4 Å². The molecule has 16 heavy (non-hydrogen) atoms. The van der Waals surface area contributed by atoms with Crippen LogP contribution in [0.4, 0.5) is 0 Å². The first-order valence-electron chi connectivity index (χ1n) is 6.12. The monoisotopic (exact) mass is 232 g/mol. The van der Waals surface area contributed by atoms with E-state index in [1.165, 1.54) is 0 Å². The standard InChI is InChI=1S/C12H24O4/c1-4-12(15-5-6-16-12)10(3)7-9(2)11(14)8-13/h9-11,13-14H,4-8H2,1-3H3/t9-,10-,11+/m0/s1. The van der Waals surface area contributed by atoms with Gasteiger partial charge in [-0.15, -0.1) is 0 Å². The molecule has 0 unspecified atom stereocenters. The number of aliphatic hydroxyl groups is 2. The second-order valence-electron chi connectivity index (χ2n) is 4.73. The molecule has 0 spiro atoms. The first kappa shape index (κ1) is 13.9. The fourth-order valence-corrected chi connectivity index (χ4v) is 2.38. The van der Waals surface area contributed by atoms with Gasteiger partial charge in [0.15, 0.2) is 5.79 Å². The Bertz CT molecular complexity index is 201. The molecule has 0 bridgehead atoms. The van der Waals surface area contributed by atoms with Gasteiger partial charge in [-0.25, -0.2) is 0 Å². The largest absolute Gasteiger partial charge is 0.394 e. The molecule has 0 amide bonds. The summed E-state index contributed by atoms with van der Waals surface area (Å²) < 4.78 is 11.4. The third kappa shape index (κ3) is 2.94. The van der Waals surface area contributed by atoms with Gasteiger partial charge in [0.1, 0.15) is 0 Å². The minimum absolute atomic E-state index is 0.0521. The highest BCUT2D eigenvalue weighted by atomic mass is 16.7. The van der Waals surface area contributed by atoms with E-state index in [2.05, 4.69) is 13.8 Å². The van der Waals surface area contributed by atoms with E-state index < -0.39 is 11.9 Å². The first-order valence-corrected chi connectivity index (χ1v) is 6.12. The quantitative estimate of drug-likeness (QED) is 0.721. The molecule has 0 saturated carbocycles. The van der Waals surface area contributed by atoms with Gasteiger partial charge in [-0.3, -0.25) is 0 Å². The minimum Gasteiger partial charge on any atom is -0.394 e. The average molecular weight is 232 g/mol. The van der Waals surface area contributed by atoms with Gasteiger partial charge < -0.3 is 19.7 Å². The Balaban J connectivity index is 2.52. The van der Waals surface area contributed by atoms with Crippen molar-refractivity contribution in [3.05, 3.63) is 0 Å². The lowest BCUT2D eigenvalue weighted by Crippen LogP contribution is -2.39. The van der Waals surface area contributed by atoms with Crippen molar-refractivity contribution in [2.24, 2.45) is 11.8 Å². The molecule has 1 rings (SSSR count). The third-order valence-electron chi connectivity index (χ3n) is 3.59. The Morgan fingerprint density at radius 1 is 1.25 bits per heavy atom. The van der Waals surface area contributed by atoms with Crippen LogP contribution in [-0.4, -0.2) is 41.9 Å². The average Bonchev–Trinajstić information content (AvgIpc) is 2.77. The number of hydrogen-bond donors (Lipinski definition) is 2. The molecule has 4 nitrogen and oxygen atoms in total. The Kier molecular flexibility index (Phi) is 5.18. The van der Waals surface area contributed by atoms with Gasteiger partial charge in [0, 0.05) is 5.92 Å². The van der Waals surface area contributed by atoms with E-state index in [9.17, 15) is 5.11 Å². The predicted octanol–water partition coefficient (Wildman–Crippen LogP) is 1.16. The van der Waals surface area contributed by atoms with Gasteiger partial charge in [0.05, 0.1) is 25.9 Å². The van der Waals surface area contributed by atoms with Crippen molar-refractivity contribution in [1.29, 1.82) is 0 Å². The summed E-state index contributed by atoms with van der Waals surface area (Å²) in [6.07, 6.45) is 0.948. The molecule has 0 aromatic heterocycles. The highest BCUT2D eigenvalue weighted by Gasteiger charge is 2.41. The molecule has 96 valence electrons. The van der Waals surface area contributed by atoms with Crippen LogP contribution in [-0.2, 0) is 9.47 Å². The van der Waals surface area contributed by atoms with Gasteiger partial charge >= 0.3 is 0 Å². The van der Waals surface area contributed by atoms with Gasteiger partial charge in [-0.1, -0.05) is 20.8 Å². The van der Waals surface area contributed by atoms with Gasteiger partial charge in [-0.2, -0.15) is 0 Å². The molecule has 0 aliphatic carbocycles. The molecule has 0 radical (unpaired) electrons. The number of aliphatic hydroxyl groups excluding tert-OH is 2. The molecule has 1 aliphatic rings. The molecule has 2 N–H and O–H groups in total. The van der Waals surface area contributed by atoms with Crippen molar-refractivity contribution in [3.8, 4) is 0 Å². The van der Waals surface area contributed by atoms with Crippen LogP contribution >= 0.6 is 0 Å². The molecule has 0 aromatic rings. The fraction of sp³-hybridized carbons (Fsp3) is 1.00. The third-order valence-corrected chi connectivity index (χ3v) is 3.59. The van der Waals surface area contributed by atoms with Crippen LogP contribution in [0.2, 0.25) is 0 Å². The molecular formula is C12H24O4. The summed E-state index contributed by atoms with van der Waals surface area (Å²) in [6, 6.07) is 0. The lowest BCUT2D eigenvalue weighted by atomic mass is 9.86. The van der Waals surface area contributed by atoms with Crippen LogP contribution in [0.25, 0.3) is 0 Å². The lowest BCUT2D eigenvalue weighted by Gasteiger charge is -2.34. The van der Waals surface area contributed by atoms with E-state index in [1.54, 1.807) is 0 Å². The van der Waals surface area contributed by atoms with Crippen LogP contribution < -0.4 is 0 Å². The second-order valence-corrected chi connectivity index (χ2v) is 4.73. The molecule has 1 saturated heterocycles. The molecular weight excluding hydrogens is 208 g/mol. The normalized spacial score (nSPS) is 25.3. The highest BCUT2D eigenvalue weighted by Crippen LogP contribution is 2.35. The molecule has 1 heterocycles. The molecule has 1 fully saturated rings. The zero-order chi connectivity index (χ0) is 12.2. The van der Waals surface area contributed by atoms with Crippen molar-refractivity contribution in [2.45, 2.75) is 45.5 Å². The molecule has 3 atom stereocenters. The van der Waals surface area contributed by atoms with Crippen molar-refractivity contribution in [2.75, 3.05) is 19.8 Å². The molecule has 4 heteroatoms. The minimum atomic E-state index is -0.655. The summed E-state index contributed by atoms with van der Waals surface area (Å²) in [5.74, 6) is -0.212. The Morgan fingerprint density at radius 3 is 2.25 bits per heavy atom. The van der Waals surface area contributed by atoms with Crippen molar-refractivity contribution < 1.29 is 19.7 Å². The van der Waals surface area contributed by atoms with Gasteiger partial charge in [-0.05, 0) is 18.8 Å². The van der Waals surface area contributed by atoms with Gasteiger partial charge in [0.2, 0.25) is 0 Å². The van der Waals surface area contributed by atoms with E-state index in [0.29, 0.717) is 13.2 Å². The van der Waals surface area contributed by atoms with Crippen LogP contribution in [0.15, 0.2) is 0 Å². The summed E-state index contributed by atoms with van der Waals surface area (Å²) in [4.78, 5) is 0. The summed E-state index contributed by atoms with van der Waals surface area (Å²) in [6.45, 7) is 7.18. The van der Waals surface area contributed by atoms with Crippen molar-refractivity contribution in [1.82, 2.24) is 0 Å². The summed E-state index contributed by atoms with van der Waals surface area (Å²) >= 11 is 0. The topological polar surface area (TPSA) is 58.9 Å². The molecule has 1 aliphatic heterocycles. The maximum absolute atomic E-state index is 9.54. The maximum atomic E-state index is 9.54. The van der Waals surface area contributed by atoms with E-state index in [4.69, 9.17) is 14.6 Å². The lowest BCUT2D eigenvalue weighted by molar-refractivity contribution is -0.198. The maximum Gasteiger partial charge on any atom is 0.170 e. The van der Waals surface area contributed by atoms with Crippen LogP contribution in [0.5, 0.6) is 0 Å². The molecule has 0 aromatic carbocycles. The Labute approximate surface area is 97.6 Å². The summed E-state index contributed by atoms with van der Waals surface area (Å²) in [5, 5.41) is 18.4. The van der Waals surface area contributed by atoms with Crippen molar-refractivity contribution >= 4 is 0 Å². The summed E-state index contributed by atoms with van der Waals surface area (Å²) in [5.41, 5.74) is 0. The van der Waals surface area contributed by atoms with Crippen molar-refractivity contribution in [3.63, 3.8) is 0 Å². The zero-order valence-corrected chi connectivity index (χ0v) is 10.5. The van der Waals surface area contributed by atoms with Crippen LogP contribution in [0.3, 0.4) is 0 Å². The first-order chi connectivity index (χ1) is 7.55. The highest BCUT2D eigenvalue weighted by molar-refractivity contribution is 4.81. The Hall–Kier alpha value is -0.160. The second kappa shape index (κ2) is 5.96. The number of hydrogen-bond acceptors (Lipinski definition) is 4. The van der Waals surface area contributed by atoms with Gasteiger partial charge in [0.25, 0.3) is 0 Å². The SMILES string of the molecule is CCC1([C@@H](C)C[C@H](C)[C@H](O)CO)OCCO1. The Morgan fingerprint density at radius 2 is 1.81 bits per heavy atom. The summed E-state index contributed by atoms with van der Waals surface area (Å²) in [7, 11) is 0. The van der Waals surface area contributed by atoms with E-state index >= 15 is 0 Å². The zero-order valence-electron chi connectivity index (χ0n) is 10.5. The van der Waals surface area contributed by atoms with Crippen LogP contribution in [0, 0.1) is 11.8 Å². The fourth-order valence-electron chi connectivity index (χ4n) is 2.38. The van der Waals surface area contributed by atoms with E-state index in [1.807, 2.05) is 6.92 Å². The number of rotatable bonds is 6. The van der Waals surface area contributed by atoms with E-state index in [0.717, 1.165) is 12.8 Å². The van der Waals surface area contributed by atoms with Crippen LogP contribution in [0.1, 0.15) is 33.6 Å². The smallest absolute Gasteiger partial charge is 0.170 e.